The number of fused-ring (bicyclic) bond motifs is 1. The summed E-state index contributed by atoms with van der Waals surface area (Å²) in [5.74, 6) is 0.114. The van der Waals surface area contributed by atoms with E-state index < -0.39 is 16.1 Å². The van der Waals surface area contributed by atoms with Crippen LogP contribution in [0.25, 0.3) is 0 Å². The standard InChI is InChI=1S/C18H27N3O5S/c1-14-4-5-16-15(12-14)21(27(2,23)24)13-17(26-16)18(22)19-6-3-7-20-8-10-25-11-9-20/h4-5,12,17H,3,6-11,13H2,1-2H3,(H,19,22)/t17-/m0/s1. The number of nitrogens with one attached hydrogen (secondary N) is 1. The Balaban J connectivity index is 1.58. The fourth-order valence-electron chi connectivity index (χ4n) is 3.26. The minimum absolute atomic E-state index is 0.0232. The van der Waals surface area contributed by atoms with Crippen molar-refractivity contribution >= 4 is 21.6 Å². The summed E-state index contributed by atoms with van der Waals surface area (Å²) in [4.78, 5) is 14.8. The van der Waals surface area contributed by atoms with E-state index in [-0.39, 0.29) is 12.5 Å². The molecule has 1 N–H and O–H groups in total. The van der Waals surface area contributed by atoms with E-state index in [9.17, 15) is 13.2 Å². The summed E-state index contributed by atoms with van der Waals surface area (Å²) in [7, 11) is -3.51. The number of ether oxygens (including phenoxy) is 2. The number of rotatable bonds is 6. The third-order valence-corrected chi connectivity index (χ3v) is 5.88. The molecule has 2 heterocycles. The summed E-state index contributed by atoms with van der Waals surface area (Å²) in [5.41, 5.74) is 1.41. The molecule has 1 saturated heterocycles. The molecular weight excluding hydrogens is 370 g/mol. The molecule has 0 aromatic heterocycles. The smallest absolute Gasteiger partial charge is 0.263 e. The van der Waals surface area contributed by atoms with Crippen LogP contribution in [0.4, 0.5) is 5.69 Å². The SMILES string of the molecule is Cc1ccc2c(c1)N(S(C)(=O)=O)C[C@@H](C(=O)NCCCN1CCOCC1)O2. The number of morpholine rings is 1. The van der Waals surface area contributed by atoms with Crippen molar-refractivity contribution in [2.24, 2.45) is 0 Å². The number of nitrogens with zero attached hydrogens (tertiary/aromatic N) is 2. The Labute approximate surface area is 160 Å². The van der Waals surface area contributed by atoms with Gasteiger partial charge in [-0.15, -0.1) is 0 Å². The molecule has 0 aliphatic carbocycles. The number of hydrogen-bond acceptors (Lipinski definition) is 6. The molecule has 8 nitrogen and oxygen atoms in total. The van der Waals surface area contributed by atoms with Gasteiger partial charge in [-0.1, -0.05) is 6.07 Å². The highest BCUT2D eigenvalue weighted by Gasteiger charge is 2.34. The van der Waals surface area contributed by atoms with Crippen LogP contribution in [0.1, 0.15) is 12.0 Å². The molecule has 1 aromatic carbocycles. The van der Waals surface area contributed by atoms with E-state index in [0.29, 0.717) is 18.0 Å². The van der Waals surface area contributed by atoms with Gasteiger partial charge < -0.3 is 14.8 Å². The summed E-state index contributed by atoms with van der Waals surface area (Å²) < 4.78 is 36.7. The van der Waals surface area contributed by atoms with Crippen molar-refractivity contribution in [1.29, 1.82) is 0 Å². The molecule has 2 aliphatic rings. The van der Waals surface area contributed by atoms with Gasteiger partial charge in [0.2, 0.25) is 10.0 Å². The zero-order valence-electron chi connectivity index (χ0n) is 15.8. The van der Waals surface area contributed by atoms with Gasteiger partial charge in [-0.2, -0.15) is 0 Å². The molecule has 0 saturated carbocycles. The predicted molar refractivity (Wildman–Crippen MR) is 103 cm³/mol. The first-order chi connectivity index (χ1) is 12.8. The Morgan fingerprint density at radius 3 is 2.74 bits per heavy atom. The highest BCUT2D eigenvalue weighted by molar-refractivity contribution is 7.92. The summed E-state index contributed by atoms with van der Waals surface area (Å²) in [6, 6.07) is 5.30. The second-order valence-electron chi connectivity index (χ2n) is 6.97. The molecule has 27 heavy (non-hydrogen) atoms. The van der Waals surface area contributed by atoms with Crippen molar-refractivity contribution in [3.05, 3.63) is 23.8 Å². The molecule has 1 atom stereocenters. The Bertz CT molecular complexity index is 777. The lowest BCUT2D eigenvalue weighted by molar-refractivity contribution is -0.127. The minimum Gasteiger partial charge on any atom is -0.476 e. The number of aryl methyl sites for hydroxylation is 1. The fraction of sp³-hybridized carbons (Fsp3) is 0.611. The third-order valence-electron chi connectivity index (χ3n) is 4.73. The molecule has 0 unspecified atom stereocenters. The lowest BCUT2D eigenvalue weighted by atomic mass is 10.1. The van der Waals surface area contributed by atoms with Crippen LogP contribution < -0.4 is 14.4 Å². The van der Waals surface area contributed by atoms with Crippen LogP contribution >= 0.6 is 0 Å². The number of benzene rings is 1. The second kappa shape index (κ2) is 8.45. The molecule has 1 aromatic rings. The maximum absolute atomic E-state index is 12.5. The molecule has 2 aliphatic heterocycles. The molecular formula is C18H27N3O5S. The number of carbonyl (C=O) groups excluding carboxylic acids is 1. The van der Waals surface area contributed by atoms with E-state index >= 15 is 0 Å². The van der Waals surface area contributed by atoms with Crippen LogP contribution in [0.2, 0.25) is 0 Å². The zero-order valence-corrected chi connectivity index (χ0v) is 16.6. The van der Waals surface area contributed by atoms with Crippen molar-refractivity contribution in [3.8, 4) is 5.75 Å². The number of anilines is 1. The average Bonchev–Trinajstić information content (AvgIpc) is 2.64. The average molecular weight is 397 g/mol. The fourth-order valence-corrected chi connectivity index (χ4v) is 4.17. The maximum atomic E-state index is 12.5. The van der Waals surface area contributed by atoms with Crippen LogP contribution in [-0.2, 0) is 19.6 Å². The summed E-state index contributed by atoms with van der Waals surface area (Å²) in [6.45, 7) is 6.62. The Kier molecular flexibility index (Phi) is 6.23. The van der Waals surface area contributed by atoms with Gasteiger partial charge >= 0.3 is 0 Å². The molecule has 3 rings (SSSR count). The van der Waals surface area contributed by atoms with Crippen LogP contribution in [0, 0.1) is 6.92 Å². The lowest BCUT2D eigenvalue weighted by Gasteiger charge is -2.34. The first-order valence-electron chi connectivity index (χ1n) is 9.17. The van der Waals surface area contributed by atoms with E-state index in [4.69, 9.17) is 9.47 Å². The van der Waals surface area contributed by atoms with Crippen molar-refractivity contribution in [1.82, 2.24) is 10.2 Å². The Morgan fingerprint density at radius 1 is 1.30 bits per heavy atom. The molecule has 0 radical (unpaired) electrons. The molecule has 0 bridgehead atoms. The normalized spacial score (nSPS) is 20.7. The molecule has 1 amide bonds. The van der Waals surface area contributed by atoms with Gasteiger partial charge in [-0.3, -0.25) is 14.0 Å². The molecule has 0 spiro atoms. The number of sulfonamides is 1. The predicted octanol–water partition coefficient (Wildman–Crippen LogP) is 0.361. The van der Waals surface area contributed by atoms with Crippen LogP contribution in [0.3, 0.4) is 0 Å². The van der Waals surface area contributed by atoms with Gasteiger partial charge in [-0.25, -0.2) is 8.42 Å². The summed E-state index contributed by atoms with van der Waals surface area (Å²) >= 11 is 0. The lowest BCUT2D eigenvalue weighted by Crippen LogP contribution is -2.50. The molecule has 9 heteroatoms. The number of amides is 1. The highest BCUT2D eigenvalue weighted by atomic mass is 32.2. The Hall–Kier alpha value is -1.84. The maximum Gasteiger partial charge on any atom is 0.263 e. The van der Waals surface area contributed by atoms with E-state index in [1.165, 1.54) is 4.31 Å². The monoisotopic (exact) mass is 397 g/mol. The van der Waals surface area contributed by atoms with E-state index in [1.54, 1.807) is 12.1 Å². The number of carbonyl (C=O) groups is 1. The topological polar surface area (TPSA) is 88.2 Å². The third kappa shape index (κ3) is 5.12. The zero-order chi connectivity index (χ0) is 19.4. The van der Waals surface area contributed by atoms with Gasteiger partial charge in [0.25, 0.3) is 5.91 Å². The van der Waals surface area contributed by atoms with Gasteiger partial charge in [0, 0.05) is 19.6 Å². The van der Waals surface area contributed by atoms with Crippen molar-refractivity contribution in [2.75, 3.05) is 56.5 Å². The first kappa shape index (κ1) is 19.9. The second-order valence-corrected chi connectivity index (χ2v) is 8.88. The summed E-state index contributed by atoms with van der Waals surface area (Å²) in [6.07, 6.45) is 1.10. The summed E-state index contributed by atoms with van der Waals surface area (Å²) in [5, 5.41) is 2.86. The molecule has 150 valence electrons. The van der Waals surface area contributed by atoms with Crippen molar-refractivity contribution < 1.29 is 22.7 Å². The van der Waals surface area contributed by atoms with Gasteiger partial charge in [0.15, 0.2) is 6.10 Å². The number of hydrogen-bond donors (Lipinski definition) is 1. The van der Waals surface area contributed by atoms with Crippen molar-refractivity contribution in [3.63, 3.8) is 0 Å². The highest BCUT2D eigenvalue weighted by Crippen LogP contribution is 2.35. The van der Waals surface area contributed by atoms with Gasteiger partial charge in [0.1, 0.15) is 5.75 Å². The van der Waals surface area contributed by atoms with Crippen LogP contribution in [0.15, 0.2) is 18.2 Å². The van der Waals surface area contributed by atoms with E-state index in [1.807, 2.05) is 13.0 Å². The van der Waals surface area contributed by atoms with Gasteiger partial charge in [-0.05, 0) is 37.6 Å². The van der Waals surface area contributed by atoms with Crippen molar-refractivity contribution in [2.45, 2.75) is 19.4 Å². The largest absolute Gasteiger partial charge is 0.476 e. The Morgan fingerprint density at radius 2 is 2.04 bits per heavy atom. The van der Waals surface area contributed by atoms with Gasteiger partial charge in [0.05, 0.1) is 31.7 Å². The van der Waals surface area contributed by atoms with Crippen LogP contribution in [-0.4, -0.2) is 77.5 Å². The first-order valence-corrected chi connectivity index (χ1v) is 11.0. The van der Waals surface area contributed by atoms with Crippen LogP contribution in [0.5, 0.6) is 5.75 Å². The quantitative estimate of drug-likeness (QED) is 0.698. The molecule has 1 fully saturated rings. The van der Waals surface area contributed by atoms with E-state index in [2.05, 4.69) is 10.2 Å². The van der Waals surface area contributed by atoms with E-state index in [0.717, 1.165) is 51.1 Å². The minimum atomic E-state index is -3.51.